The third kappa shape index (κ3) is 5.26. The van der Waals surface area contributed by atoms with E-state index in [2.05, 4.69) is 299 Å². The minimum absolute atomic E-state index is 0.553. The van der Waals surface area contributed by atoms with Crippen molar-refractivity contribution in [2.24, 2.45) is 0 Å². The molecular formula is C78H47N3. The van der Waals surface area contributed by atoms with Gasteiger partial charge in [0.15, 0.2) is 0 Å². The van der Waals surface area contributed by atoms with Gasteiger partial charge in [0.2, 0.25) is 0 Å². The van der Waals surface area contributed by atoms with Crippen molar-refractivity contribution in [2.75, 3.05) is 4.90 Å². The van der Waals surface area contributed by atoms with E-state index in [0.29, 0.717) is 0 Å². The number of hydrogen-bond acceptors (Lipinski definition) is 1. The quantitative estimate of drug-likeness (QED) is 0.171. The molecule has 3 nitrogen and oxygen atoms in total. The standard InChI is InChI=1S/C78H47N3/c1-2-20-52-48(19-1)39-46-66-74(52)59-25-4-10-29-62(59)77(66)61-28-9-3-21-53(61)54-45-44-51(47-68(54)77)79(49-40-42-50(43-41-49)80-69-34-13-6-22-55(69)56-23-7-14-35-70(56)80)73-38-18-32-65-75(73)60-26-5-11-30-63(60)78(65)64-31-12-16-37-72(64)81-71-36-15-8-24-57(71)58-27-17-33-67(78)76(58)81/h1-47H. The molecule has 0 amide bonds. The first kappa shape index (κ1) is 43.5. The number of aromatic nitrogens is 2. The average Bonchev–Trinajstić information content (AvgIpc) is 1.97. The molecule has 19 rings (SSSR count). The molecule has 0 N–H and O–H groups in total. The van der Waals surface area contributed by atoms with Crippen molar-refractivity contribution in [3.63, 3.8) is 0 Å². The van der Waals surface area contributed by atoms with Crippen LogP contribution in [-0.4, -0.2) is 9.13 Å². The highest BCUT2D eigenvalue weighted by atomic mass is 15.1. The van der Waals surface area contributed by atoms with E-state index in [-0.39, 0.29) is 0 Å². The van der Waals surface area contributed by atoms with E-state index < -0.39 is 10.8 Å². The second kappa shape index (κ2) is 15.6. The Labute approximate surface area is 468 Å². The molecule has 374 valence electrons. The van der Waals surface area contributed by atoms with E-state index in [1.54, 1.807) is 0 Å². The second-order valence-corrected chi connectivity index (χ2v) is 22.6. The van der Waals surface area contributed by atoms with Gasteiger partial charge in [0.1, 0.15) is 0 Å². The van der Waals surface area contributed by atoms with Gasteiger partial charge in [-0.15, -0.1) is 0 Å². The first-order chi connectivity index (χ1) is 40.2. The van der Waals surface area contributed by atoms with Gasteiger partial charge in [-0.25, -0.2) is 0 Å². The largest absolute Gasteiger partial charge is 0.310 e. The van der Waals surface area contributed by atoms with Crippen molar-refractivity contribution in [1.82, 2.24) is 9.13 Å². The predicted octanol–water partition coefficient (Wildman–Crippen LogP) is 19.5. The highest BCUT2D eigenvalue weighted by Gasteiger charge is 2.54. The van der Waals surface area contributed by atoms with Crippen molar-refractivity contribution in [3.8, 4) is 44.8 Å². The molecule has 2 unspecified atom stereocenters. The summed E-state index contributed by atoms with van der Waals surface area (Å²) in [6, 6.07) is 108. The summed E-state index contributed by atoms with van der Waals surface area (Å²) in [5, 5.41) is 7.60. The van der Waals surface area contributed by atoms with Crippen LogP contribution in [0.5, 0.6) is 0 Å². The van der Waals surface area contributed by atoms with Gasteiger partial charge in [0.25, 0.3) is 0 Å². The number of nitrogens with zero attached hydrogens (tertiary/aromatic N) is 3. The molecule has 4 aliphatic rings. The molecule has 3 heterocycles. The number of anilines is 3. The molecule has 3 heteroatoms. The number of hydrogen-bond donors (Lipinski definition) is 0. The SMILES string of the molecule is c1ccc2c(c1)-c1ccc(N(c3ccc(-n4c5ccccc5c5ccccc54)cc3)c3cccc4c3-c3ccccc3C43c4ccccc4-n4c5ccccc5c5cccc3c54)cc1C21c2ccccc2-c2c1ccc1ccccc21. The Balaban J connectivity index is 0.903. The van der Waals surface area contributed by atoms with E-state index in [9.17, 15) is 0 Å². The van der Waals surface area contributed by atoms with Crippen molar-refractivity contribution in [1.29, 1.82) is 0 Å². The fourth-order valence-electron chi connectivity index (χ4n) is 16.2. The van der Waals surface area contributed by atoms with E-state index in [1.807, 2.05) is 0 Å². The van der Waals surface area contributed by atoms with Gasteiger partial charge in [-0.2, -0.15) is 0 Å². The van der Waals surface area contributed by atoms with Crippen molar-refractivity contribution < 1.29 is 0 Å². The van der Waals surface area contributed by atoms with Crippen LogP contribution in [0, 0.1) is 0 Å². The molecule has 3 aliphatic carbocycles. The Morgan fingerprint density at radius 1 is 0.272 bits per heavy atom. The van der Waals surface area contributed by atoms with Crippen LogP contribution in [0.1, 0.15) is 44.5 Å². The molecular weight excluding hydrogens is 979 g/mol. The van der Waals surface area contributed by atoms with Crippen LogP contribution >= 0.6 is 0 Å². The Kier molecular flexibility index (Phi) is 8.39. The van der Waals surface area contributed by atoms with Crippen molar-refractivity contribution in [3.05, 3.63) is 330 Å². The van der Waals surface area contributed by atoms with Crippen LogP contribution in [0.15, 0.2) is 285 Å². The molecule has 0 saturated heterocycles. The van der Waals surface area contributed by atoms with Crippen molar-refractivity contribution >= 4 is 71.4 Å². The highest BCUT2D eigenvalue weighted by molar-refractivity contribution is 6.14. The zero-order valence-corrected chi connectivity index (χ0v) is 44.0. The lowest BCUT2D eigenvalue weighted by molar-refractivity contribution is 0.748. The van der Waals surface area contributed by atoms with Crippen LogP contribution < -0.4 is 4.90 Å². The number of rotatable bonds is 4. The summed E-state index contributed by atoms with van der Waals surface area (Å²) < 4.78 is 4.96. The number of para-hydroxylation sites is 5. The monoisotopic (exact) mass is 1030 g/mol. The topological polar surface area (TPSA) is 13.1 Å². The molecule has 0 bridgehead atoms. The van der Waals surface area contributed by atoms with E-state index in [1.165, 1.54) is 138 Å². The van der Waals surface area contributed by atoms with Gasteiger partial charge >= 0.3 is 0 Å². The third-order valence-electron chi connectivity index (χ3n) is 19.1. The van der Waals surface area contributed by atoms with Gasteiger partial charge < -0.3 is 14.0 Å². The van der Waals surface area contributed by atoms with Crippen LogP contribution in [0.3, 0.4) is 0 Å². The molecule has 0 saturated carbocycles. The maximum Gasteiger partial charge on any atom is 0.0755 e. The lowest BCUT2D eigenvalue weighted by Crippen LogP contribution is -2.33. The summed E-state index contributed by atoms with van der Waals surface area (Å²) in [4.78, 5) is 2.58. The zero-order valence-electron chi connectivity index (χ0n) is 44.0. The summed E-state index contributed by atoms with van der Waals surface area (Å²) in [7, 11) is 0. The minimum atomic E-state index is -0.613. The molecule has 2 atom stereocenters. The maximum absolute atomic E-state index is 2.58. The number of benzene rings is 13. The Morgan fingerprint density at radius 3 is 1.48 bits per heavy atom. The summed E-state index contributed by atoms with van der Waals surface area (Å²) in [5.74, 6) is 0. The summed E-state index contributed by atoms with van der Waals surface area (Å²) in [6.07, 6.45) is 0. The lowest BCUT2D eigenvalue weighted by atomic mass is 9.65. The second-order valence-electron chi connectivity index (χ2n) is 22.6. The van der Waals surface area contributed by atoms with Crippen LogP contribution in [0.4, 0.5) is 17.1 Å². The first-order valence-corrected chi connectivity index (χ1v) is 28.3. The molecule has 0 radical (unpaired) electrons. The van der Waals surface area contributed by atoms with Gasteiger partial charge in [-0.1, -0.05) is 218 Å². The molecule has 81 heavy (non-hydrogen) atoms. The van der Waals surface area contributed by atoms with Crippen LogP contribution in [0.25, 0.3) is 99.1 Å². The summed E-state index contributed by atoms with van der Waals surface area (Å²) in [6.45, 7) is 0. The van der Waals surface area contributed by atoms with E-state index in [4.69, 9.17) is 0 Å². The molecule has 0 fully saturated rings. The zero-order chi connectivity index (χ0) is 52.7. The molecule has 2 spiro atoms. The van der Waals surface area contributed by atoms with Gasteiger partial charge in [-0.05, 0) is 150 Å². The van der Waals surface area contributed by atoms with Gasteiger partial charge in [0.05, 0.1) is 44.3 Å². The normalized spacial score (nSPS) is 16.5. The third-order valence-corrected chi connectivity index (χ3v) is 19.1. The Hall–Kier alpha value is -10.5. The Morgan fingerprint density at radius 2 is 0.753 bits per heavy atom. The maximum atomic E-state index is 2.58. The molecule has 15 aromatic rings. The van der Waals surface area contributed by atoms with E-state index in [0.717, 1.165) is 22.7 Å². The highest BCUT2D eigenvalue weighted by Crippen LogP contribution is 2.66. The average molecular weight is 1030 g/mol. The lowest BCUT2D eigenvalue weighted by Gasteiger charge is -2.39. The van der Waals surface area contributed by atoms with Crippen LogP contribution in [-0.2, 0) is 10.8 Å². The molecule has 2 aromatic heterocycles. The van der Waals surface area contributed by atoms with Crippen molar-refractivity contribution in [2.45, 2.75) is 10.8 Å². The smallest absolute Gasteiger partial charge is 0.0755 e. The van der Waals surface area contributed by atoms with Gasteiger partial charge in [0, 0.05) is 44.2 Å². The predicted molar refractivity (Wildman–Crippen MR) is 334 cm³/mol. The fraction of sp³-hybridized carbons (Fsp3) is 0.0256. The fourth-order valence-corrected chi connectivity index (χ4v) is 16.2. The first-order valence-electron chi connectivity index (χ1n) is 28.3. The van der Waals surface area contributed by atoms with E-state index >= 15 is 0 Å². The summed E-state index contributed by atoms with van der Waals surface area (Å²) >= 11 is 0. The minimum Gasteiger partial charge on any atom is -0.310 e. The Bertz CT molecular complexity index is 5210. The molecule has 13 aromatic carbocycles. The van der Waals surface area contributed by atoms with Crippen LogP contribution in [0.2, 0.25) is 0 Å². The van der Waals surface area contributed by atoms with Gasteiger partial charge in [-0.3, -0.25) is 0 Å². The summed E-state index contributed by atoms with van der Waals surface area (Å²) in [5.41, 5.74) is 27.6. The number of fused-ring (bicyclic) bond motifs is 27. The molecule has 1 aliphatic heterocycles.